The zero-order chi connectivity index (χ0) is 12.3. The molecule has 1 heterocycles. The minimum atomic E-state index is 0.187. The van der Waals surface area contributed by atoms with Crippen molar-refractivity contribution in [1.82, 2.24) is 4.90 Å². The molecule has 1 amide bonds. The molecule has 94 valence electrons. The molecule has 1 aromatic rings. The van der Waals surface area contributed by atoms with Crippen LogP contribution in [0.15, 0.2) is 17.5 Å². The first-order valence-electron chi connectivity index (χ1n) is 6.14. The summed E-state index contributed by atoms with van der Waals surface area (Å²) in [4.78, 5) is 15.0. The molecule has 0 aliphatic heterocycles. The van der Waals surface area contributed by atoms with E-state index in [0.717, 1.165) is 23.0 Å². The van der Waals surface area contributed by atoms with E-state index in [4.69, 9.17) is 0 Å². The summed E-state index contributed by atoms with van der Waals surface area (Å²) >= 11 is 3.57. The molecular formula is C13H19NOS2. The monoisotopic (exact) mass is 269 g/mol. The van der Waals surface area contributed by atoms with Crippen molar-refractivity contribution >= 4 is 29.0 Å². The number of thioether (sulfide) groups is 1. The van der Waals surface area contributed by atoms with Crippen LogP contribution in [0.2, 0.25) is 0 Å². The maximum absolute atomic E-state index is 12.2. The molecule has 1 fully saturated rings. The highest BCUT2D eigenvalue weighted by molar-refractivity contribution is 7.99. The van der Waals surface area contributed by atoms with Crippen LogP contribution in [0.1, 0.15) is 35.9 Å². The normalized spacial score (nSPS) is 23.9. The summed E-state index contributed by atoms with van der Waals surface area (Å²) < 4.78 is 0. The number of rotatable bonds is 4. The molecule has 2 nitrogen and oxygen atoms in total. The Morgan fingerprint density at radius 1 is 1.59 bits per heavy atom. The zero-order valence-electron chi connectivity index (χ0n) is 10.4. The summed E-state index contributed by atoms with van der Waals surface area (Å²) in [5, 5.41) is 2.72. The number of nitrogens with zero attached hydrogens (tertiary/aromatic N) is 1. The Kier molecular flexibility index (Phi) is 4.51. The third-order valence-corrected chi connectivity index (χ3v) is 5.45. The molecule has 17 heavy (non-hydrogen) atoms. The predicted octanol–water partition coefficient (Wildman–Crippen LogP) is 3.49. The molecular weight excluding hydrogens is 250 g/mol. The van der Waals surface area contributed by atoms with Crippen LogP contribution in [0.4, 0.5) is 0 Å². The molecule has 0 saturated heterocycles. The van der Waals surface area contributed by atoms with Gasteiger partial charge in [0.1, 0.15) is 0 Å². The van der Waals surface area contributed by atoms with E-state index >= 15 is 0 Å². The van der Waals surface area contributed by atoms with Crippen molar-refractivity contribution in [1.29, 1.82) is 0 Å². The molecule has 0 spiro atoms. The average Bonchev–Trinajstić information content (AvgIpc) is 2.98. The number of amides is 1. The van der Waals surface area contributed by atoms with Crippen LogP contribution in [0, 0.1) is 0 Å². The van der Waals surface area contributed by atoms with Crippen LogP contribution in [-0.4, -0.2) is 34.9 Å². The molecule has 1 saturated carbocycles. The summed E-state index contributed by atoms with van der Waals surface area (Å²) in [7, 11) is 1.95. The van der Waals surface area contributed by atoms with Gasteiger partial charge in [0.15, 0.2) is 0 Å². The largest absolute Gasteiger partial charge is 0.338 e. The van der Waals surface area contributed by atoms with Crippen molar-refractivity contribution in [2.24, 2.45) is 0 Å². The van der Waals surface area contributed by atoms with Crippen LogP contribution in [0.5, 0.6) is 0 Å². The summed E-state index contributed by atoms with van der Waals surface area (Å²) in [5.74, 6) is 1.37. The van der Waals surface area contributed by atoms with Crippen molar-refractivity contribution in [2.75, 3.05) is 12.8 Å². The standard InChI is InChI=1S/C13H19NOS2/c1-3-16-11-7-6-10(9-11)14(2)13(15)12-5-4-8-17-12/h4-5,8,10-11H,3,6-7,9H2,1-2H3/t10-,11+/m0/s1. The van der Waals surface area contributed by atoms with Gasteiger partial charge in [0.2, 0.25) is 0 Å². The zero-order valence-corrected chi connectivity index (χ0v) is 12.0. The molecule has 0 bridgehead atoms. The van der Waals surface area contributed by atoms with E-state index in [1.807, 2.05) is 41.2 Å². The lowest BCUT2D eigenvalue weighted by atomic mass is 10.2. The van der Waals surface area contributed by atoms with Crippen molar-refractivity contribution < 1.29 is 4.79 Å². The summed E-state index contributed by atoms with van der Waals surface area (Å²) in [6.45, 7) is 2.21. The quantitative estimate of drug-likeness (QED) is 0.834. The van der Waals surface area contributed by atoms with Gasteiger partial charge in [-0.25, -0.2) is 0 Å². The van der Waals surface area contributed by atoms with Gasteiger partial charge in [0, 0.05) is 18.3 Å². The Morgan fingerprint density at radius 3 is 3.06 bits per heavy atom. The van der Waals surface area contributed by atoms with Crippen LogP contribution in [0.25, 0.3) is 0 Å². The highest BCUT2D eigenvalue weighted by Crippen LogP contribution is 2.32. The molecule has 1 aliphatic carbocycles. The number of carbonyl (C=O) groups is 1. The highest BCUT2D eigenvalue weighted by atomic mass is 32.2. The van der Waals surface area contributed by atoms with Crippen molar-refractivity contribution in [3.05, 3.63) is 22.4 Å². The predicted molar refractivity (Wildman–Crippen MR) is 76.0 cm³/mol. The maximum Gasteiger partial charge on any atom is 0.263 e. The second-order valence-corrected chi connectivity index (χ2v) is 6.96. The average molecular weight is 269 g/mol. The second-order valence-electron chi connectivity index (χ2n) is 4.44. The van der Waals surface area contributed by atoms with E-state index < -0.39 is 0 Å². The van der Waals surface area contributed by atoms with E-state index in [-0.39, 0.29) is 5.91 Å². The van der Waals surface area contributed by atoms with Gasteiger partial charge in [0.05, 0.1) is 4.88 Å². The molecule has 0 radical (unpaired) electrons. The Hall–Kier alpha value is -0.480. The first-order valence-corrected chi connectivity index (χ1v) is 8.07. The topological polar surface area (TPSA) is 20.3 Å². The van der Waals surface area contributed by atoms with Gasteiger partial charge in [-0.2, -0.15) is 11.8 Å². The van der Waals surface area contributed by atoms with Crippen LogP contribution in [-0.2, 0) is 0 Å². The molecule has 0 N–H and O–H groups in total. The third kappa shape index (κ3) is 3.05. The second kappa shape index (κ2) is 5.91. The van der Waals surface area contributed by atoms with Crippen molar-refractivity contribution in [3.63, 3.8) is 0 Å². The fraction of sp³-hybridized carbons (Fsp3) is 0.615. The van der Waals surface area contributed by atoms with Gasteiger partial charge in [-0.05, 0) is 36.5 Å². The van der Waals surface area contributed by atoms with Gasteiger partial charge >= 0.3 is 0 Å². The van der Waals surface area contributed by atoms with Gasteiger partial charge in [0.25, 0.3) is 5.91 Å². The summed E-state index contributed by atoms with van der Waals surface area (Å²) in [5.41, 5.74) is 0. The molecule has 0 unspecified atom stereocenters. The van der Waals surface area contributed by atoms with E-state index in [0.29, 0.717) is 6.04 Å². The first-order chi connectivity index (χ1) is 8.22. The summed E-state index contributed by atoms with van der Waals surface area (Å²) in [6, 6.07) is 4.29. The molecule has 2 atom stereocenters. The molecule has 1 aromatic heterocycles. The Labute approximate surface area is 111 Å². The third-order valence-electron chi connectivity index (χ3n) is 3.36. The van der Waals surface area contributed by atoms with E-state index in [1.54, 1.807) is 0 Å². The lowest BCUT2D eigenvalue weighted by molar-refractivity contribution is 0.0740. The van der Waals surface area contributed by atoms with Crippen LogP contribution in [0.3, 0.4) is 0 Å². The lowest BCUT2D eigenvalue weighted by Crippen LogP contribution is -2.35. The maximum atomic E-state index is 12.2. The molecule has 0 aromatic carbocycles. The Balaban J connectivity index is 1.93. The van der Waals surface area contributed by atoms with E-state index in [2.05, 4.69) is 6.92 Å². The van der Waals surface area contributed by atoms with Crippen LogP contribution >= 0.6 is 23.1 Å². The number of hydrogen-bond acceptors (Lipinski definition) is 3. The highest BCUT2D eigenvalue weighted by Gasteiger charge is 2.30. The first kappa shape index (κ1) is 13.0. The van der Waals surface area contributed by atoms with Gasteiger partial charge in [-0.1, -0.05) is 13.0 Å². The minimum Gasteiger partial charge on any atom is -0.338 e. The number of thiophene rings is 1. The van der Waals surface area contributed by atoms with Crippen molar-refractivity contribution in [3.8, 4) is 0 Å². The molecule has 2 rings (SSSR count). The number of carbonyl (C=O) groups excluding carboxylic acids is 1. The Bertz CT molecular complexity index is 364. The van der Waals surface area contributed by atoms with Gasteiger partial charge in [-0.3, -0.25) is 4.79 Å². The Morgan fingerprint density at radius 2 is 2.41 bits per heavy atom. The fourth-order valence-electron chi connectivity index (χ4n) is 2.40. The van der Waals surface area contributed by atoms with Gasteiger partial charge in [-0.15, -0.1) is 11.3 Å². The SMILES string of the molecule is CCS[C@@H]1CC[C@H](N(C)C(=O)c2cccs2)C1. The minimum absolute atomic E-state index is 0.187. The van der Waals surface area contributed by atoms with Crippen LogP contribution < -0.4 is 0 Å². The molecule has 4 heteroatoms. The number of hydrogen-bond donors (Lipinski definition) is 0. The van der Waals surface area contributed by atoms with E-state index in [9.17, 15) is 4.79 Å². The van der Waals surface area contributed by atoms with Crippen molar-refractivity contribution in [2.45, 2.75) is 37.5 Å². The van der Waals surface area contributed by atoms with Gasteiger partial charge < -0.3 is 4.90 Å². The fourth-order valence-corrected chi connectivity index (χ4v) is 4.23. The smallest absolute Gasteiger partial charge is 0.263 e. The molecule has 1 aliphatic rings. The lowest BCUT2D eigenvalue weighted by Gasteiger charge is -2.24. The van der Waals surface area contributed by atoms with E-state index in [1.165, 1.54) is 23.5 Å². The summed E-state index contributed by atoms with van der Waals surface area (Å²) in [6.07, 6.45) is 3.57.